The minimum Gasteiger partial charge on any atom is -0.493 e. The highest BCUT2D eigenvalue weighted by molar-refractivity contribution is 6.42. The molecule has 2 saturated heterocycles. The Labute approximate surface area is 216 Å². The van der Waals surface area contributed by atoms with Gasteiger partial charge in [-0.15, -0.1) is 12.4 Å². The molecule has 0 spiro atoms. The molecule has 3 heterocycles. The van der Waals surface area contributed by atoms with Crippen molar-refractivity contribution in [2.24, 2.45) is 5.92 Å². The fourth-order valence-electron chi connectivity index (χ4n) is 5.24. The highest BCUT2D eigenvalue weighted by atomic mass is 35.5. The summed E-state index contributed by atoms with van der Waals surface area (Å²) in [7, 11) is 3.93. The van der Waals surface area contributed by atoms with Crippen LogP contribution in [0.5, 0.6) is 11.5 Å². The predicted octanol–water partition coefficient (Wildman–Crippen LogP) is 6.75. The van der Waals surface area contributed by atoms with E-state index in [0.717, 1.165) is 41.0 Å². The SMILES string of the molecule is COc1cc2c(Nc3ccc(Cl)c(Cl)c3)ncnc2cc1OCC[C@H]1C[C@H]2CC[C@@H](C1)N2C.Cl. The number of benzene rings is 2. The van der Waals surface area contributed by atoms with Crippen LogP contribution in [0.2, 0.25) is 10.0 Å². The lowest BCUT2D eigenvalue weighted by molar-refractivity contribution is 0.119. The predicted molar refractivity (Wildman–Crippen MR) is 140 cm³/mol. The van der Waals surface area contributed by atoms with Crippen LogP contribution in [0.3, 0.4) is 0 Å². The summed E-state index contributed by atoms with van der Waals surface area (Å²) in [5, 5.41) is 5.11. The van der Waals surface area contributed by atoms with Crippen molar-refractivity contribution in [3.05, 3.63) is 46.7 Å². The van der Waals surface area contributed by atoms with Crippen LogP contribution >= 0.6 is 35.6 Å². The Bertz CT molecular complexity index is 1150. The van der Waals surface area contributed by atoms with Gasteiger partial charge in [0.05, 0.1) is 29.3 Å². The second-order valence-electron chi connectivity index (χ2n) is 9.02. The maximum atomic E-state index is 6.19. The summed E-state index contributed by atoms with van der Waals surface area (Å²) in [5.41, 5.74) is 1.57. The normalized spacial score (nSPS) is 21.8. The Morgan fingerprint density at radius 1 is 1.03 bits per heavy atom. The van der Waals surface area contributed by atoms with Crippen molar-refractivity contribution >= 4 is 58.0 Å². The maximum Gasteiger partial charge on any atom is 0.163 e. The van der Waals surface area contributed by atoms with Gasteiger partial charge >= 0.3 is 0 Å². The summed E-state index contributed by atoms with van der Waals surface area (Å²) >= 11 is 12.2. The first-order chi connectivity index (χ1) is 16.0. The van der Waals surface area contributed by atoms with E-state index >= 15 is 0 Å². The quantitative estimate of drug-likeness (QED) is 0.369. The van der Waals surface area contributed by atoms with Gasteiger partial charge in [-0.3, -0.25) is 0 Å². The number of nitrogens with zero attached hydrogens (tertiary/aromatic N) is 3. The molecule has 0 aliphatic carbocycles. The van der Waals surface area contributed by atoms with Crippen LogP contribution in [0.15, 0.2) is 36.7 Å². The van der Waals surface area contributed by atoms with Gasteiger partial charge in [-0.2, -0.15) is 0 Å². The van der Waals surface area contributed by atoms with Crippen LogP contribution in [-0.4, -0.2) is 47.7 Å². The third-order valence-electron chi connectivity index (χ3n) is 7.08. The number of halogens is 3. The summed E-state index contributed by atoms with van der Waals surface area (Å²) in [6, 6.07) is 10.7. The molecule has 2 aromatic carbocycles. The molecular weight excluding hydrogens is 495 g/mol. The van der Waals surface area contributed by atoms with Crippen LogP contribution in [0.25, 0.3) is 10.9 Å². The molecule has 3 atom stereocenters. The molecule has 1 N–H and O–H groups in total. The van der Waals surface area contributed by atoms with E-state index in [2.05, 4.69) is 27.2 Å². The molecule has 2 fully saturated rings. The molecule has 9 heteroatoms. The van der Waals surface area contributed by atoms with Gasteiger partial charge in [0.25, 0.3) is 0 Å². The Hall–Kier alpha value is -1.99. The lowest BCUT2D eigenvalue weighted by Crippen LogP contribution is -2.40. The van der Waals surface area contributed by atoms with Crippen molar-refractivity contribution in [2.45, 2.75) is 44.2 Å². The van der Waals surface area contributed by atoms with E-state index in [9.17, 15) is 0 Å². The Morgan fingerprint density at radius 3 is 2.50 bits per heavy atom. The number of anilines is 2. The van der Waals surface area contributed by atoms with Crippen LogP contribution < -0.4 is 14.8 Å². The van der Waals surface area contributed by atoms with Crippen LogP contribution in [0.1, 0.15) is 32.1 Å². The number of piperidine rings is 1. The molecule has 5 rings (SSSR count). The number of hydrogen-bond donors (Lipinski definition) is 1. The van der Waals surface area contributed by atoms with Gasteiger partial charge in [0.15, 0.2) is 11.5 Å². The Balaban J connectivity index is 0.00000274. The zero-order chi connectivity index (χ0) is 22.9. The first-order valence-corrected chi connectivity index (χ1v) is 12.2. The standard InChI is InChI=1S/C25H28Cl2N4O2.ClH/c1-31-17-4-5-18(31)10-15(9-17)7-8-33-24-13-22-19(12-23(24)32-2)25(29-14-28-22)30-16-3-6-20(26)21(27)11-16;/h3,6,11-15,17-18H,4-5,7-10H2,1-2H3,(H,28,29,30);1H/t15-,17+,18-;. The summed E-state index contributed by atoms with van der Waals surface area (Å²) in [5.74, 6) is 2.76. The minimum atomic E-state index is 0. The molecule has 1 aromatic heterocycles. The summed E-state index contributed by atoms with van der Waals surface area (Å²) in [4.78, 5) is 11.4. The third kappa shape index (κ3) is 5.15. The molecule has 3 aromatic rings. The van der Waals surface area contributed by atoms with Crippen LogP contribution in [0.4, 0.5) is 11.5 Å². The second kappa shape index (κ2) is 10.7. The number of rotatable bonds is 7. The van der Waals surface area contributed by atoms with E-state index in [1.807, 2.05) is 18.2 Å². The molecule has 0 unspecified atom stereocenters. The Kier molecular flexibility index (Phi) is 7.93. The van der Waals surface area contributed by atoms with Gasteiger partial charge in [0.1, 0.15) is 12.1 Å². The van der Waals surface area contributed by atoms with Gasteiger partial charge < -0.3 is 19.7 Å². The first kappa shape index (κ1) is 25.1. The average molecular weight is 524 g/mol. The minimum absolute atomic E-state index is 0. The summed E-state index contributed by atoms with van der Waals surface area (Å²) in [6.45, 7) is 0.676. The molecule has 6 nitrogen and oxygen atoms in total. The molecule has 2 bridgehead atoms. The highest BCUT2D eigenvalue weighted by Crippen LogP contribution is 2.39. The number of hydrogen-bond acceptors (Lipinski definition) is 6. The zero-order valence-corrected chi connectivity index (χ0v) is 21.6. The summed E-state index contributed by atoms with van der Waals surface area (Å²) in [6.07, 6.45) is 7.84. The number of nitrogens with one attached hydrogen (secondary N) is 1. The fourth-order valence-corrected chi connectivity index (χ4v) is 5.54. The van der Waals surface area contributed by atoms with E-state index in [4.69, 9.17) is 32.7 Å². The molecule has 0 radical (unpaired) electrons. The van der Waals surface area contributed by atoms with Gasteiger partial charge in [-0.1, -0.05) is 23.2 Å². The largest absolute Gasteiger partial charge is 0.493 e. The third-order valence-corrected chi connectivity index (χ3v) is 7.82. The molecular formula is C25H29Cl3N4O2. The molecule has 0 amide bonds. The average Bonchev–Trinajstić information content (AvgIpc) is 3.01. The van der Waals surface area contributed by atoms with E-state index in [1.165, 1.54) is 32.0 Å². The lowest BCUT2D eigenvalue weighted by atomic mass is 9.89. The monoisotopic (exact) mass is 522 g/mol. The molecule has 0 saturated carbocycles. The molecule has 34 heavy (non-hydrogen) atoms. The number of fused-ring (bicyclic) bond motifs is 3. The molecule has 182 valence electrons. The molecule has 2 aliphatic rings. The van der Waals surface area contributed by atoms with Crippen molar-refractivity contribution in [3.8, 4) is 11.5 Å². The van der Waals surface area contributed by atoms with E-state index in [-0.39, 0.29) is 12.4 Å². The van der Waals surface area contributed by atoms with Gasteiger partial charge in [-0.05, 0) is 69.3 Å². The van der Waals surface area contributed by atoms with Crippen molar-refractivity contribution < 1.29 is 9.47 Å². The van der Waals surface area contributed by atoms with Crippen molar-refractivity contribution in [1.82, 2.24) is 14.9 Å². The van der Waals surface area contributed by atoms with Crippen molar-refractivity contribution in [1.29, 1.82) is 0 Å². The topological polar surface area (TPSA) is 59.5 Å². The molecule has 2 aliphatic heterocycles. The smallest absolute Gasteiger partial charge is 0.163 e. The van der Waals surface area contributed by atoms with E-state index < -0.39 is 0 Å². The summed E-state index contributed by atoms with van der Waals surface area (Å²) < 4.78 is 11.8. The second-order valence-corrected chi connectivity index (χ2v) is 9.84. The lowest BCUT2D eigenvalue weighted by Gasteiger charge is -2.36. The van der Waals surface area contributed by atoms with Gasteiger partial charge in [0, 0.05) is 29.2 Å². The van der Waals surface area contributed by atoms with Crippen LogP contribution in [-0.2, 0) is 0 Å². The highest BCUT2D eigenvalue weighted by Gasteiger charge is 2.38. The number of methoxy groups -OCH3 is 1. The number of aromatic nitrogens is 2. The number of ether oxygens (including phenoxy) is 2. The van der Waals surface area contributed by atoms with Gasteiger partial charge in [0.2, 0.25) is 0 Å². The maximum absolute atomic E-state index is 6.19. The van der Waals surface area contributed by atoms with E-state index in [1.54, 1.807) is 19.2 Å². The zero-order valence-electron chi connectivity index (χ0n) is 19.3. The van der Waals surface area contributed by atoms with Crippen LogP contribution in [0, 0.1) is 5.92 Å². The van der Waals surface area contributed by atoms with Gasteiger partial charge in [-0.25, -0.2) is 9.97 Å². The fraction of sp³-hybridized carbons (Fsp3) is 0.440. The first-order valence-electron chi connectivity index (χ1n) is 11.4. The Morgan fingerprint density at radius 2 is 1.79 bits per heavy atom. The van der Waals surface area contributed by atoms with E-state index in [0.29, 0.717) is 34.0 Å². The van der Waals surface area contributed by atoms with Crippen molar-refractivity contribution in [3.63, 3.8) is 0 Å². The van der Waals surface area contributed by atoms with Crippen molar-refractivity contribution in [2.75, 3.05) is 26.1 Å².